The third kappa shape index (κ3) is 5.92. The van der Waals surface area contributed by atoms with E-state index in [1.54, 1.807) is 28.9 Å². The highest BCUT2D eigenvalue weighted by atomic mass is 35.6. The smallest absolute Gasteiger partial charge is 0.244 e. The van der Waals surface area contributed by atoms with Crippen LogP contribution in [0, 0.1) is 11.6 Å². The Bertz CT molecular complexity index is 840. The summed E-state index contributed by atoms with van der Waals surface area (Å²) >= 11 is 18.5. The largest absolute Gasteiger partial charge is 0.244 e. The molecule has 2 aromatic carbocycles. The van der Waals surface area contributed by atoms with Crippen LogP contribution in [0.4, 0.5) is 8.78 Å². The predicted octanol–water partition coefficient (Wildman–Crippen LogP) is 4.89. The summed E-state index contributed by atoms with van der Waals surface area (Å²) in [6, 6.07) is 12.8. The molecule has 0 saturated heterocycles. The number of aromatic nitrogens is 3. The fourth-order valence-corrected chi connectivity index (χ4v) is 6.13. The van der Waals surface area contributed by atoms with E-state index < -0.39 is 12.6 Å². The molecular formula is C17H14Cl3F2N3SSi. The zero-order valence-electron chi connectivity index (χ0n) is 13.8. The molecule has 0 aliphatic carbocycles. The molecule has 142 valence electrons. The summed E-state index contributed by atoms with van der Waals surface area (Å²) in [4.78, 5) is 4.13. The quantitative estimate of drug-likeness (QED) is 0.295. The molecule has 27 heavy (non-hydrogen) atoms. The van der Waals surface area contributed by atoms with Gasteiger partial charge < -0.3 is 0 Å². The lowest BCUT2D eigenvalue weighted by Crippen LogP contribution is -2.18. The Labute approximate surface area is 176 Å². The van der Waals surface area contributed by atoms with Crippen molar-refractivity contribution in [3.05, 3.63) is 77.6 Å². The number of halogens is 5. The van der Waals surface area contributed by atoms with Crippen molar-refractivity contribution in [3.8, 4) is 0 Å². The Kier molecular flexibility index (Phi) is 6.81. The number of hydrogen-bond donors (Lipinski definition) is 0. The molecule has 3 rings (SSSR count). The van der Waals surface area contributed by atoms with Gasteiger partial charge in [0, 0.05) is 6.17 Å². The van der Waals surface area contributed by atoms with Gasteiger partial charge in [0.1, 0.15) is 18.0 Å². The monoisotopic (exact) mass is 463 g/mol. The van der Waals surface area contributed by atoms with Gasteiger partial charge in [-0.25, -0.2) is 18.4 Å². The Hall–Kier alpha value is -1.12. The van der Waals surface area contributed by atoms with Gasteiger partial charge in [0.15, 0.2) is 5.16 Å². The number of alkyl halides is 3. The molecule has 0 radical (unpaired) electrons. The van der Waals surface area contributed by atoms with Gasteiger partial charge in [0.2, 0.25) is 3.12 Å². The van der Waals surface area contributed by atoms with Crippen molar-refractivity contribution < 1.29 is 8.78 Å². The van der Waals surface area contributed by atoms with Gasteiger partial charge in [0.25, 0.3) is 0 Å². The van der Waals surface area contributed by atoms with Crippen LogP contribution in [0.1, 0.15) is 16.7 Å². The molecule has 3 nitrogen and oxygen atoms in total. The average Bonchev–Trinajstić information content (AvgIpc) is 3.03. The van der Waals surface area contributed by atoms with Crippen LogP contribution in [0.25, 0.3) is 0 Å². The molecule has 1 aromatic heterocycles. The first-order chi connectivity index (χ1) is 12.8. The molecule has 0 bridgehead atoms. The number of thioether (sulfide) groups is 1. The van der Waals surface area contributed by atoms with Crippen molar-refractivity contribution in [1.29, 1.82) is 0 Å². The summed E-state index contributed by atoms with van der Waals surface area (Å²) in [7, 11) is -0.866. The zero-order chi connectivity index (χ0) is 19.4. The summed E-state index contributed by atoms with van der Waals surface area (Å²) in [6.07, 6.45) is 2.04. The summed E-state index contributed by atoms with van der Waals surface area (Å²) in [5, 5.41) is 4.72. The van der Waals surface area contributed by atoms with Crippen LogP contribution < -0.4 is 0 Å². The molecule has 10 heteroatoms. The van der Waals surface area contributed by atoms with Crippen LogP contribution in [0.15, 0.2) is 60.0 Å². The molecule has 0 amide bonds. The van der Waals surface area contributed by atoms with Crippen molar-refractivity contribution >= 4 is 56.1 Å². The molecule has 0 N–H and O–H groups in total. The lowest BCUT2D eigenvalue weighted by Gasteiger charge is -2.18. The highest BCUT2D eigenvalue weighted by molar-refractivity contribution is 8.04. The highest BCUT2D eigenvalue weighted by Crippen LogP contribution is 2.42. The third-order valence-electron chi connectivity index (χ3n) is 3.96. The van der Waals surface area contributed by atoms with Crippen LogP contribution in [0.2, 0.25) is 0 Å². The lowest BCUT2D eigenvalue weighted by atomic mass is 10.0. The first-order valence-corrected chi connectivity index (χ1v) is 11.7. The van der Waals surface area contributed by atoms with Crippen molar-refractivity contribution in [2.24, 2.45) is 0 Å². The lowest BCUT2D eigenvalue weighted by molar-refractivity contribution is 0.626. The predicted molar refractivity (Wildman–Crippen MR) is 109 cm³/mol. The highest BCUT2D eigenvalue weighted by Gasteiger charge is 2.25. The SMILES string of the molecule is Fc1ccc(C([SiH2]Cn2ncnc2SC(Cl)(Cl)Cl)c2ccc(F)cc2)cc1. The van der Waals surface area contributed by atoms with E-state index in [1.807, 2.05) is 0 Å². The maximum absolute atomic E-state index is 13.3. The van der Waals surface area contributed by atoms with Gasteiger partial charge in [-0.1, -0.05) is 59.1 Å². The van der Waals surface area contributed by atoms with Crippen LogP contribution in [0.3, 0.4) is 0 Å². The second-order valence-corrected chi connectivity index (χ2v) is 11.7. The molecule has 0 aliphatic heterocycles. The van der Waals surface area contributed by atoms with Crippen LogP contribution >= 0.6 is 46.6 Å². The Balaban J connectivity index is 1.83. The Morgan fingerprint density at radius 2 is 1.48 bits per heavy atom. The topological polar surface area (TPSA) is 30.7 Å². The number of hydrogen-bond acceptors (Lipinski definition) is 3. The Morgan fingerprint density at radius 3 is 1.96 bits per heavy atom. The van der Waals surface area contributed by atoms with E-state index in [2.05, 4.69) is 10.1 Å². The molecular weight excluding hydrogens is 451 g/mol. The summed E-state index contributed by atoms with van der Waals surface area (Å²) in [5.74, 6) is -0.591. The van der Waals surface area contributed by atoms with E-state index in [-0.39, 0.29) is 17.2 Å². The number of benzene rings is 2. The minimum atomic E-state index is -1.53. The maximum atomic E-state index is 13.3. The van der Waals surface area contributed by atoms with Crippen LogP contribution in [0.5, 0.6) is 0 Å². The van der Waals surface area contributed by atoms with Crippen molar-refractivity contribution in [3.63, 3.8) is 0 Å². The molecule has 0 atom stereocenters. The maximum Gasteiger partial charge on any atom is 0.244 e. The molecule has 0 aliphatic rings. The summed E-state index contributed by atoms with van der Waals surface area (Å²) in [5.41, 5.74) is 2.01. The van der Waals surface area contributed by atoms with Gasteiger partial charge in [-0.15, -0.1) is 0 Å². The van der Waals surface area contributed by atoms with Gasteiger partial charge in [-0.2, -0.15) is 5.10 Å². The van der Waals surface area contributed by atoms with E-state index in [0.717, 1.165) is 22.9 Å². The third-order valence-corrected chi connectivity index (χ3v) is 7.59. The molecule has 0 fully saturated rings. The van der Waals surface area contributed by atoms with Gasteiger partial charge in [-0.3, -0.25) is 0 Å². The minimum absolute atomic E-state index is 0.0565. The minimum Gasteiger partial charge on any atom is -0.244 e. The van der Waals surface area contributed by atoms with E-state index in [9.17, 15) is 8.78 Å². The fourth-order valence-electron chi connectivity index (χ4n) is 2.76. The van der Waals surface area contributed by atoms with Gasteiger partial charge >= 0.3 is 0 Å². The second-order valence-electron chi connectivity index (χ2n) is 5.76. The normalized spacial score (nSPS) is 12.4. The average molecular weight is 465 g/mol. The van der Waals surface area contributed by atoms with Crippen molar-refractivity contribution in [2.75, 3.05) is 0 Å². The summed E-state index contributed by atoms with van der Waals surface area (Å²) < 4.78 is 26.8. The van der Waals surface area contributed by atoms with Crippen molar-refractivity contribution in [2.45, 2.75) is 20.0 Å². The molecule has 0 spiro atoms. The van der Waals surface area contributed by atoms with E-state index in [0.29, 0.717) is 11.3 Å². The summed E-state index contributed by atoms with van der Waals surface area (Å²) in [6.45, 7) is 0. The van der Waals surface area contributed by atoms with E-state index >= 15 is 0 Å². The number of nitrogens with zero attached hydrogens (tertiary/aromatic N) is 3. The van der Waals surface area contributed by atoms with E-state index in [1.165, 1.54) is 30.6 Å². The van der Waals surface area contributed by atoms with Gasteiger partial charge in [-0.05, 0) is 52.7 Å². The molecule has 0 unspecified atom stereocenters. The molecule has 0 saturated carbocycles. The Morgan fingerprint density at radius 1 is 0.963 bits per heavy atom. The van der Waals surface area contributed by atoms with Crippen molar-refractivity contribution in [1.82, 2.24) is 14.8 Å². The number of rotatable bonds is 6. The fraction of sp³-hybridized carbons (Fsp3) is 0.176. The molecule has 3 aromatic rings. The second kappa shape index (κ2) is 8.92. The van der Waals surface area contributed by atoms with E-state index in [4.69, 9.17) is 34.8 Å². The van der Waals surface area contributed by atoms with Crippen LogP contribution in [-0.4, -0.2) is 27.4 Å². The molecule has 1 heterocycles. The first kappa shape index (κ1) is 20.6. The van der Waals surface area contributed by atoms with Gasteiger partial charge in [0.05, 0.1) is 9.52 Å². The zero-order valence-corrected chi connectivity index (χ0v) is 18.3. The first-order valence-electron chi connectivity index (χ1n) is 7.96. The standard InChI is InChI=1S/C17H14Cl3F2N3SSi/c18-17(19,20)26-16-23-9-24-25(16)10-27-15(11-1-5-13(21)6-2-11)12-3-7-14(22)8-4-12/h1-9,15H,10,27H2. The van der Waals surface area contributed by atoms with Crippen LogP contribution in [-0.2, 0) is 6.17 Å².